The Balaban J connectivity index is 1.68. The fourth-order valence-electron chi connectivity index (χ4n) is 4.97. The highest BCUT2D eigenvalue weighted by atomic mass is 15.3. The van der Waals surface area contributed by atoms with E-state index < -0.39 is 0 Å². The fraction of sp³-hybridized carbons (Fsp3) is 1.00. The molecule has 0 aromatic carbocycles. The van der Waals surface area contributed by atoms with Gasteiger partial charge in [0.25, 0.3) is 0 Å². The third-order valence-corrected chi connectivity index (χ3v) is 6.09. The number of hydrogen-bond acceptors (Lipinski definition) is 2. The summed E-state index contributed by atoms with van der Waals surface area (Å²) >= 11 is 0. The van der Waals surface area contributed by atoms with Crippen LogP contribution in [0, 0.1) is 11.8 Å². The SMILES string of the molecule is CCNC1CC2CCC(C1)N2C1CCC(C)C1C. The van der Waals surface area contributed by atoms with E-state index in [0.717, 1.165) is 42.5 Å². The number of hydrogen-bond donors (Lipinski definition) is 1. The van der Waals surface area contributed by atoms with Gasteiger partial charge in [-0.1, -0.05) is 20.8 Å². The first kappa shape index (κ1) is 12.9. The molecule has 0 aromatic rings. The second-order valence-corrected chi connectivity index (χ2v) is 7.04. The van der Waals surface area contributed by atoms with Crippen LogP contribution >= 0.6 is 0 Å². The van der Waals surface area contributed by atoms with Gasteiger partial charge in [0.15, 0.2) is 0 Å². The van der Waals surface area contributed by atoms with Gasteiger partial charge in [-0.05, 0) is 56.9 Å². The lowest BCUT2D eigenvalue weighted by atomic mass is 9.90. The van der Waals surface area contributed by atoms with Crippen molar-refractivity contribution in [3.63, 3.8) is 0 Å². The summed E-state index contributed by atoms with van der Waals surface area (Å²) in [7, 11) is 0. The van der Waals surface area contributed by atoms with Crippen LogP contribution in [-0.2, 0) is 0 Å². The molecular formula is C16H30N2. The minimum atomic E-state index is 0.804. The Morgan fingerprint density at radius 1 is 1.00 bits per heavy atom. The zero-order chi connectivity index (χ0) is 12.7. The highest BCUT2D eigenvalue weighted by Crippen LogP contribution is 2.44. The molecule has 2 aliphatic heterocycles. The van der Waals surface area contributed by atoms with E-state index in [1.807, 2.05) is 0 Å². The van der Waals surface area contributed by atoms with E-state index >= 15 is 0 Å². The normalized spacial score (nSPS) is 48.8. The molecule has 0 aromatic heterocycles. The van der Waals surface area contributed by atoms with Crippen LogP contribution in [0.15, 0.2) is 0 Å². The van der Waals surface area contributed by atoms with Crippen LogP contribution in [0.4, 0.5) is 0 Å². The quantitative estimate of drug-likeness (QED) is 0.828. The number of rotatable bonds is 3. The molecule has 2 saturated heterocycles. The van der Waals surface area contributed by atoms with Crippen LogP contribution in [0.25, 0.3) is 0 Å². The van der Waals surface area contributed by atoms with Gasteiger partial charge in [0.1, 0.15) is 0 Å². The Bertz CT molecular complexity index is 277. The summed E-state index contributed by atoms with van der Waals surface area (Å²) in [5.74, 6) is 1.87. The van der Waals surface area contributed by atoms with Crippen molar-refractivity contribution >= 4 is 0 Å². The van der Waals surface area contributed by atoms with Crippen molar-refractivity contribution in [1.82, 2.24) is 10.2 Å². The Hall–Kier alpha value is -0.0800. The second-order valence-electron chi connectivity index (χ2n) is 7.04. The molecule has 5 unspecified atom stereocenters. The highest BCUT2D eigenvalue weighted by Gasteiger charge is 2.46. The molecular weight excluding hydrogens is 220 g/mol. The van der Waals surface area contributed by atoms with Gasteiger partial charge in [-0.2, -0.15) is 0 Å². The van der Waals surface area contributed by atoms with Gasteiger partial charge in [0, 0.05) is 24.2 Å². The molecule has 0 radical (unpaired) electrons. The van der Waals surface area contributed by atoms with Crippen molar-refractivity contribution < 1.29 is 0 Å². The third-order valence-electron chi connectivity index (χ3n) is 6.09. The molecule has 0 spiro atoms. The summed E-state index contributed by atoms with van der Waals surface area (Å²) in [4.78, 5) is 2.96. The molecule has 3 aliphatic rings. The van der Waals surface area contributed by atoms with Crippen molar-refractivity contribution in [2.24, 2.45) is 11.8 Å². The van der Waals surface area contributed by atoms with E-state index in [4.69, 9.17) is 0 Å². The minimum absolute atomic E-state index is 0.804. The van der Waals surface area contributed by atoms with Crippen molar-refractivity contribution in [2.45, 2.75) is 83.5 Å². The summed E-state index contributed by atoms with van der Waals surface area (Å²) in [5, 5.41) is 3.69. The van der Waals surface area contributed by atoms with Crippen molar-refractivity contribution in [3.8, 4) is 0 Å². The van der Waals surface area contributed by atoms with E-state index in [9.17, 15) is 0 Å². The monoisotopic (exact) mass is 250 g/mol. The predicted molar refractivity (Wildman–Crippen MR) is 76.7 cm³/mol. The first-order valence-electron chi connectivity index (χ1n) is 8.21. The summed E-state index contributed by atoms with van der Waals surface area (Å²) in [6.07, 6.45) is 8.65. The van der Waals surface area contributed by atoms with E-state index in [2.05, 4.69) is 31.0 Å². The Kier molecular flexibility index (Phi) is 3.68. The lowest BCUT2D eigenvalue weighted by molar-refractivity contribution is 0.0510. The maximum Gasteiger partial charge on any atom is 0.0129 e. The van der Waals surface area contributed by atoms with Crippen LogP contribution < -0.4 is 5.32 Å². The average molecular weight is 250 g/mol. The number of nitrogens with one attached hydrogen (secondary N) is 1. The first-order valence-corrected chi connectivity index (χ1v) is 8.21. The largest absolute Gasteiger partial charge is 0.314 e. The van der Waals surface area contributed by atoms with Crippen LogP contribution in [0.2, 0.25) is 0 Å². The van der Waals surface area contributed by atoms with Gasteiger partial charge in [-0.15, -0.1) is 0 Å². The van der Waals surface area contributed by atoms with Crippen LogP contribution in [0.3, 0.4) is 0 Å². The van der Waals surface area contributed by atoms with Gasteiger partial charge in [0.05, 0.1) is 0 Å². The minimum Gasteiger partial charge on any atom is -0.314 e. The Morgan fingerprint density at radius 3 is 2.17 bits per heavy atom. The van der Waals surface area contributed by atoms with E-state index in [1.54, 1.807) is 0 Å². The fourth-order valence-corrected chi connectivity index (χ4v) is 4.97. The molecule has 1 N–H and O–H groups in total. The summed E-state index contributed by atoms with van der Waals surface area (Å²) in [6, 6.07) is 3.49. The smallest absolute Gasteiger partial charge is 0.0129 e. The van der Waals surface area contributed by atoms with E-state index in [1.165, 1.54) is 38.5 Å². The molecule has 18 heavy (non-hydrogen) atoms. The maximum atomic E-state index is 3.69. The molecule has 2 heterocycles. The van der Waals surface area contributed by atoms with Gasteiger partial charge in [0.2, 0.25) is 0 Å². The lowest BCUT2D eigenvalue weighted by Gasteiger charge is -2.44. The summed E-state index contributed by atoms with van der Waals surface area (Å²) in [5.41, 5.74) is 0. The number of nitrogens with zero attached hydrogens (tertiary/aromatic N) is 1. The zero-order valence-electron chi connectivity index (χ0n) is 12.4. The average Bonchev–Trinajstić information content (AvgIpc) is 2.80. The zero-order valence-corrected chi connectivity index (χ0v) is 12.4. The molecule has 3 fully saturated rings. The second kappa shape index (κ2) is 5.13. The molecule has 2 bridgehead atoms. The summed E-state index contributed by atoms with van der Waals surface area (Å²) in [6.45, 7) is 8.34. The Labute approximate surface area is 113 Å². The highest BCUT2D eigenvalue weighted by molar-refractivity contribution is 5.02. The standard InChI is InChI=1S/C16H30N2/c1-4-17-13-9-14-6-7-15(10-13)18(14)16-8-5-11(2)12(16)3/h11-17H,4-10H2,1-3H3. The molecule has 104 valence electrons. The number of piperidine rings is 1. The molecule has 2 nitrogen and oxygen atoms in total. The van der Waals surface area contributed by atoms with Crippen LogP contribution in [0.5, 0.6) is 0 Å². The Morgan fingerprint density at radius 2 is 1.67 bits per heavy atom. The van der Waals surface area contributed by atoms with E-state index in [-0.39, 0.29) is 0 Å². The molecule has 1 saturated carbocycles. The first-order chi connectivity index (χ1) is 8.70. The van der Waals surface area contributed by atoms with Crippen molar-refractivity contribution in [1.29, 1.82) is 0 Å². The number of fused-ring (bicyclic) bond motifs is 2. The topological polar surface area (TPSA) is 15.3 Å². The van der Waals surface area contributed by atoms with Gasteiger partial charge in [-0.3, -0.25) is 4.90 Å². The maximum absolute atomic E-state index is 3.69. The molecule has 0 amide bonds. The van der Waals surface area contributed by atoms with Crippen LogP contribution in [-0.4, -0.2) is 35.6 Å². The van der Waals surface area contributed by atoms with Gasteiger partial charge in [-0.25, -0.2) is 0 Å². The predicted octanol–water partition coefficient (Wildman–Crippen LogP) is 3.03. The van der Waals surface area contributed by atoms with Crippen molar-refractivity contribution in [2.75, 3.05) is 6.54 Å². The molecule has 3 rings (SSSR count). The molecule has 1 aliphatic carbocycles. The van der Waals surface area contributed by atoms with Crippen molar-refractivity contribution in [3.05, 3.63) is 0 Å². The third kappa shape index (κ3) is 2.12. The summed E-state index contributed by atoms with van der Waals surface area (Å²) < 4.78 is 0. The van der Waals surface area contributed by atoms with Gasteiger partial charge >= 0.3 is 0 Å². The lowest BCUT2D eigenvalue weighted by Crippen LogP contribution is -2.53. The van der Waals surface area contributed by atoms with E-state index in [0.29, 0.717) is 0 Å². The van der Waals surface area contributed by atoms with Crippen LogP contribution in [0.1, 0.15) is 59.3 Å². The molecule has 2 heteroatoms. The molecule has 5 atom stereocenters. The van der Waals surface area contributed by atoms with Gasteiger partial charge < -0.3 is 5.32 Å².